The number of rotatable bonds is 13. The number of hydrogen-bond acceptors (Lipinski definition) is 3. The molecular formula is C40H43NO4. The smallest absolute Gasteiger partial charge is 0.303 e. The molecule has 0 amide bonds. The third-order valence-electron chi connectivity index (χ3n) is 8.06. The molecule has 5 nitrogen and oxygen atoms in total. The number of carboxylic acid groups (broad SMARTS) is 1. The average molecular weight is 602 g/mol. The molecule has 1 aromatic heterocycles. The van der Waals surface area contributed by atoms with Crippen LogP contribution in [0.25, 0.3) is 10.9 Å². The molecule has 232 valence electrons. The molecule has 0 aliphatic rings. The Morgan fingerprint density at radius 2 is 1.29 bits per heavy atom. The lowest BCUT2D eigenvalue weighted by atomic mass is 9.95. The minimum atomic E-state index is -0.814. The van der Waals surface area contributed by atoms with E-state index in [9.17, 15) is 9.59 Å². The molecule has 4 aromatic carbocycles. The number of hydrogen-bond donors (Lipinski definition) is 1. The van der Waals surface area contributed by atoms with E-state index < -0.39 is 5.97 Å². The number of carbonyl (C=O) groups is 2. The normalized spacial score (nSPS) is 11.5. The van der Waals surface area contributed by atoms with Crippen molar-refractivity contribution in [3.63, 3.8) is 0 Å². The lowest BCUT2D eigenvalue weighted by molar-refractivity contribution is -0.137. The van der Waals surface area contributed by atoms with Gasteiger partial charge in [-0.1, -0.05) is 94.4 Å². The largest absolute Gasteiger partial charge is 0.481 e. The number of aryl methyl sites for hydroxylation is 1. The second-order valence-corrected chi connectivity index (χ2v) is 12.8. The van der Waals surface area contributed by atoms with Gasteiger partial charge in [-0.3, -0.25) is 14.2 Å². The van der Waals surface area contributed by atoms with Crippen molar-refractivity contribution < 1.29 is 19.4 Å². The first-order chi connectivity index (χ1) is 21.7. The second-order valence-electron chi connectivity index (χ2n) is 12.8. The molecule has 0 atom stereocenters. The lowest BCUT2D eigenvalue weighted by Gasteiger charge is -2.21. The number of nitrogens with zero attached hydrogens (tertiary/aromatic N) is 1. The van der Waals surface area contributed by atoms with E-state index in [2.05, 4.69) is 76.2 Å². The van der Waals surface area contributed by atoms with Crippen molar-refractivity contribution >= 4 is 22.8 Å². The van der Waals surface area contributed by atoms with E-state index in [1.807, 2.05) is 54.7 Å². The van der Waals surface area contributed by atoms with Crippen molar-refractivity contribution in [3.8, 4) is 5.75 Å². The van der Waals surface area contributed by atoms with Gasteiger partial charge in [0, 0.05) is 23.6 Å². The van der Waals surface area contributed by atoms with Gasteiger partial charge in [0.25, 0.3) is 5.91 Å². The molecule has 0 aliphatic heterocycles. The van der Waals surface area contributed by atoms with Crippen molar-refractivity contribution in [1.82, 2.24) is 4.57 Å². The molecule has 1 N–H and O–H groups in total. The van der Waals surface area contributed by atoms with Crippen molar-refractivity contribution in [2.75, 3.05) is 0 Å². The quantitative estimate of drug-likeness (QED) is 0.146. The number of aliphatic carboxylic acids is 1. The Labute approximate surface area is 266 Å². The van der Waals surface area contributed by atoms with Gasteiger partial charge in [0.15, 0.2) is 0 Å². The Hall–Kier alpha value is -4.64. The SMILES string of the molecule is CC(C)Cc1ccc(C(Oc2ccc(C(=O)n3cc(CCCC(=O)O)c4ccccc43)cc2)c2ccc(CC(C)C)cc2)cc1. The van der Waals surface area contributed by atoms with Crippen LogP contribution in [0.2, 0.25) is 0 Å². The highest BCUT2D eigenvalue weighted by molar-refractivity contribution is 6.03. The van der Waals surface area contributed by atoms with Crippen molar-refractivity contribution in [3.05, 3.63) is 137 Å². The highest BCUT2D eigenvalue weighted by Crippen LogP contribution is 2.31. The van der Waals surface area contributed by atoms with E-state index in [4.69, 9.17) is 9.84 Å². The molecule has 5 heteroatoms. The monoisotopic (exact) mass is 601 g/mol. The number of aromatic nitrogens is 1. The van der Waals surface area contributed by atoms with E-state index in [1.54, 1.807) is 4.57 Å². The summed E-state index contributed by atoms with van der Waals surface area (Å²) >= 11 is 0. The first-order valence-corrected chi connectivity index (χ1v) is 16.0. The molecule has 45 heavy (non-hydrogen) atoms. The fraction of sp³-hybridized carbons (Fsp3) is 0.300. The van der Waals surface area contributed by atoms with Crippen molar-refractivity contribution in [1.29, 1.82) is 0 Å². The molecule has 0 spiro atoms. The van der Waals surface area contributed by atoms with E-state index in [-0.39, 0.29) is 18.4 Å². The summed E-state index contributed by atoms with van der Waals surface area (Å²) in [6.07, 6.45) is 4.83. The van der Waals surface area contributed by atoms with Gasteiger partial charge in [-0.2, -0.15) is 0 Å². The van der Waals surface area contributed by atoms with Crippen LogP contribution in [0.5, 0.6) is 5.75 Å². The van der Waals surface area contributed by atoms with Crippen LogP contribution in [-0.2, 0) is 24.1 Å². The van der Waals surface area contributed by atoms with Crippen molar-refractivity contribution in [2.45, 2.75) is 65.9 Å². The second kappa shape index (κ2) is 14.4. The van der Waals surface area contributed by atoms with Gasteiger partial charge >= 0.3 is 5.97 Å². The fourth-order valence-electron chi connectivity index (χ4n) is 5.93. The predicted octanol–water partition coefficient (Wildman–Crippen LogP) is 9.30. The van der Waals surface area contributed by atoms with Gasteiger partial charge < -0.3 is 9.84 Å². The zero-order valence-electron chi connectivity index (χ0n) is 26.7. The van der Waals surface area contributed by atoms with E-state index in [0.29, 0.717) is 36.0 Å². The summed E-state index contributed by atoms with van der Waals surface area (Å²) in [6.45, 7) is 8.92. The highest BCUT2D eigenvalue weighted by atomic mass is 16.5. The molecule has 1 heterocycles. The summed E-state index contributed by atoms with van der Waals surface area (Å²) in [5.74, 6) is 0.906. The third kappa shape index (κ3) is 8.10. The minimum Gasteiger partial charge on any atom is -0.481 e. The Kier molecular flexibility index (Phi) is 10.2. The van der Waals surface area contributed by atoms with Gasteiger partial charge in [-0.25, -0.2) is 0 Å². The summed E-state index contributed by atoms with van der Waals surface area (Å²) in [4.78, 5) is 24.7. The number of carbonyl (C=O) groups excluding carboxylic acids is 1. The fourth-order valence-corrected chi connectivity index (χ4v) is 5.93. The molecule has 0 aliphatic carbocycles. The molecule has 5 rings (SSSR count). The summed E-state index contributed by atoms with van der Waals surface area (Å²) < 4.78 is 8.31. The summed E-state index contributed by atoms with van der Waals surface area (Å²) in [6, 6.07) is 32.5. The summed E-state index contributed by atoms with van der Waals surface area (Å²) in [7, 11) is 0. The van der Waals surface area contributed by atoms with E-state index >= 15 is 0 Å². The maximum absolute atomic E-state index is 13.7. The van der Waals surface area contributed by atoms with E-state index in [1.165, 1.54) is 11.1 Å². The number of fused-ring (bicyclic) bond motifs is 1. The molecular weight excluding hydrogens is 558 g/mol. The van der Waals surface area contributed by atoms with E-state index in [0.717, 1.165) is 40.4 Å². The van der Waals surface area contributed by atoms with Crippen molar-refractivity contribution in [2.24, 2.45) is 11.8 Å². The summed E-state index contributed by atoms with van der Waals surface area (Å²) in [5.41, 5.74) is 7.11. The van der Waals surface area contributed by atoms with Crippen LogP contribution in [0.15, 0.2) is 103 Å². The van der Waals surface area contributed by atoms with Crippen LogP contribution in [0.1, 0.15) is 84.8 Å². The average Bonchev–Trinajstić information content (AvgIpc) is 3.38. The topological polar surface area (TPSA) is 68.5 Å². The van der Waals surface area contributed by atoms with Gasteiger partial charge in [-0.15, -0.1) is 0 Å². The van der Waals surface area contributed by atoms with Crippen LogP contribution in [0, 0.1) is 11.8 Å². The molecule has 0 saturated carbocycles. The maximum Gasteiger partial charge on any atom is 0.303 e. The van der Waals surface area contributed by atoms with Gasteiger partial charge in [0.05, 0.1) is 5.52 Å². The van der Waals surface area contributed by atoms with Crippen LogP contribution < -0.4 is 4.74 Å². The van der Waals surface area contributed by atoms with Crippen LogP contribution in [0.4, 0.5) is 0 Å². The Morgan fingerprint density at radius 3 is 1.82 bits per heavy atom. The van der Waals surface area contributed by atoms with Crippen LogP contribution in [0.3, 0.4) is 0 Å². The maximum atomic E-state index is 13.7. The Balaban J connectivity index is 1.39. The van der Waals surface area contributed by atoms with Gasteiger partial charge in [0.1, 0.15) is 11.9 Å². The Bertz CT molecular complexity index is 1680. The standard InChI is InChI=1S/C40H43NO4/c1-27(2)24-29-12-16-31(17-13-29)39(32-18-14-30(15-19-32)25-28(3)4)45-35-22-20-33(21-23-35)40(44)41-26-34(8-7-11-38(42)43)36-9-5-6-10-37(36)41/h5-6,9-10,12-23,26-28,39H,7-8,11,24-25H2,1-4H3,(H,42,43). The minimum absolute atomic E-state index is 0.0973. The number of benzene rings is 4. The van der Waals surface area contributed by atoms with Crippen LogP contribution >= 0.6 is 0 Å². The predicted molar refractivity (Wildman–Crippen MR) is 181 cm³/mol. The number of para-hydroxylation sites is 1. The summed E-state index contributed by atoms with van der Waals surface area (Å²) in [5, 5.41) is 10.0. The highest BCUT2D eigenvalue weighted by Gasteiger charge is 2.19. The molecule has 0 fully saturated rings. The first-order valence-electron chi connectivity index (χ1n) is 16.0. The molecule has 0 unspecified atom stereocenters. The zero-order valence-corrected chi connectivity index (χ0v) is 26.7. The molecule has 0 bridgehead atoms. The van der Waals surface area contributed by atoms with Gasteiger partial charge in [-0.05, 0) is 95.7 Å². The lowest BCUT2D eigenvalue weighted by Crippen LogP contribution is -2.12. The molecule has 5 aromatic rings. The first kappa shape index (κ1) is 31.8. The molecule has 0 radical (unpaired) electrons. The number of ether oxygens (including phenoxy) is 1. The van der Waals surface area contributed by atoms with Crippen LogP contribution in [-0.4, -0.2) is 21.6 Å². The van der Waals surface area contributed by atoms with Gasteiger partial charge in [0.2, 0.25) is 0 Å². The third-order valence-corrected chi connectivity index (χ3v) is 8.06. The molecule has 0 saturated heterocycles. The number of carboxylic acids is 1. The zero-order chi connectivity index (χ0) is 31.9. The Morgan fingerprint density at radius 1 is 0.733 bits per heavy atom.